The molecule has 0 aliphatic heterocycles. The van der Waals surface area contributed by atoms with E-state index >= 15 is 0 Å². The zero-order chi connectivity index (χ0) is 25.6. The van der Waals surface area contributed by atoms with Gasteiger partial charge in [-0.1, -0.05) is 124 Å². The lowest BCUT2D eigenvalue weighted by Gasteiger charge is -2.44. The third-order valence-corrected chi connectivity index (χ3v) is 19.4. The molecule has 2 heteroatoms. The van der Waals surface area contributed by atoms with Crippen LogP contribution in [0.3, 0.4) is 0 Å². The van der Waals surface area contributed by atoms with Crippen LogP contribution in [-0.2, 0) is 6.42 Å². The van der Waals surface area contributed by atoms with Gasteiger partial charge in [-0.15, -0.1) is 0 Å². The van der Waals surface area contributed by atoms with Crippen molar-refractivity contribution in [3.8, 4) is 0 Å². The largest absolute Gasteiger partial charge is 0.0969 e. The predicted octanol–water partition coefficient (Wildman–Crippen LogP) is 11.3. The van der Waals surface area contributed by atoms with Crippen LogP contribution in [0, 0.1) is 5.92 Å². The van der Waals surface area contributed by atoms with Crippen LogP contribution in [0.1, 0.15) is 153 Å². The van der Waals surface area contributed by atoms with Crippen LogP contribution in [0.2, 0.25) is 0 Å². The van der Waals surface area contributed by atoms with E-state index in [2.05, 4.69) is 24.3 Å². The third-order valence-electron chi connectivity index (χ3n) is 11.7. The van der Waals surface area contributed by atoms with E-state index in [1.807, 2.05) is 10.9 Å². The minimum Gasteiger partial charge on any atom is -0.0969 e. The van der Waals surface area contributed by atoms with E-state index in [9.17, 15) is 0 Å². The summed E-state index contributed by atoms with van der Waals surface area (Å²) < 4.78 is 0. The average molecular weight is 553 g/mol. The number of hydrogen-bond donors (Lipinski definition) is 0. The zero-order valence-corrected chi connectivity index (χ0v) is 26.4. The van der Waals surface area contributed by atoms with Crippen LogP contribution in [-0.4, -0.2) is 28.3 Å². The van der Waals surface area contributed by atoms with E-state index < -0.39 is 0 Å². The second-order valence-corrected chi connectivity index (χ2v) is 19.9. The zero-order valence-electron chi connectivity index (χ0n) is 24.6. The fourth-order valence-electron chi connectivity index (χ4n) is 9.87. The maximum atomic E-state index is 2.67. The summed E-state index contributed by atoms with van der Waals surface area (Å²) in [6, 6.07) is 10.2. The molecule has 5 fully saturated rings. The summed E-state index contributed by atoms with van der Waals surface area (Å²) in [6.07, 6.45) is 36.9. The lowest BCUT2D eigenvalue weighted by Crippen LogP contribution is -2.31. The smallest absolute Gasteiger partial charge is 0.0166 e. The quantitative estimate of drug-likeness (QED) is 0.281. The summed E-state index contributed by atoms with van der Waals surface area (Å²) in [7, 11) is 0.241. The Morgan fingerprint density at radius 2 is 0.947 bits per heavy atom. The monoisotopic (exact) mass is 552 g/mol. The van der Waals surface area contributed by atoms with E-state index in [1.54, 1.807) is 64.2 Å². The van der Waals surface area contributed by atoms with Gasteiger partial charge in [0.25, 0.3) is 0 Å². The predicted molar refractivity (Wildman–Crippen MR) is 172 cm³/mol. The molecule has 2 atom stereocenters. The molecule has 1 aromatic rings. The van der Waals surface area contributed by atoms with Gasteiger partial charge in [-0.2, -0.15) is 0 Å². The van der Waals surface area contributed by atoms with Crippen LogP contribution in [0.5, 0.6) is 0 Å². The van der Waals surface area contributed by atoms with Crippen molar-refractivity contribution in [2.45, 2.75) is 182 Å². The van der Waals surface area contributed by atoms with Gasteiger partial charge in [-0.05, 0) is 116 Å². The summed E-state index contributed by atoms with van der Waals surface area (Å²) >= 11 is 0. The molecular weight excluding hydrogens is 494 g/mol. The van der Waals surface area contributed by atoms with Gasteiger partial charge in [-0.3, -0.25) is 0 Å². The molecule has 5 saturated carbocycles. The molecular formula is C36H58P2. The highest BCUT2D eigenvalue weighted by Gasteiger charge is 2.42. The maximum absolute atomic E-state index is 2.67. The van der Waals surface area contributed by atoms with E-state index in [0.717, 1.165) is 34.2 Å². The van der Waals surface area contributed by atoms with Crippen molar-refractivity contribution in [1.29, 1.82) is 0 Å². The molecule has 212 valence electrons. The molecule has 0 radical (unpaired) electrons. The molecule has 5 aliphatic carbocycles. The van der Waals surface area contributed by atoms with Crippen molar-refractivity contribution in [3.05, 3.63) is 29.8 Å². The van der Waals surface area contributed by atoms with E-state index in [-0.39, 0.29) is 15.8 Å². The lowest BCUT2D eigenvalue weighted by atomic mass is 9.97. The Balaban J connectivity index is 1.26. The van der Waals surface area contributed by atoms with Gasteiger partial charge in [0.2, 0.25) is 0 Å². The van der Waals surface area contributed by atoms with Crippen molar-refractivity contribution in [3.63, 3.8) is 0 Å². The van der Waals surface area contributed by atoms with E-state index in [1.165, 1.54) is 89.9 Å². The molecule has 1 aromatic carbocycles. The van der Waals surface area contributed by atoms with Gasteiger partial charge in [0, 0.05) is 0 Å². The molecule has 6 rings (SSSR count). The van der Waals surface area contributed by atoms with Crippen molar-refractivity contribution in [2.24, 2.45) is 5.92 Å². The van der Waals surface area contributed by atoms with Gasteiger partial charge in [0.1, 0.15) is 0 Å². The van der Waals surface area contributed by atoms with E-state index in [4.69, 9.17) is 0 Å². The topological polar surface area (TPSA) is 0 Å². The number of rotatable bonds is 8. The summed E-state index contributed by atoms with van der Waals surface area (Å²) in [5.74, 6) is 1.00. The Labute approximate surface area is 238 Å². The van der Waals surface area contributed by atoms with Gasteiger partial charge in [-0.25, -0.2) is 0 Å². The summed E-state index contributed by atoms with van der Waals surface area (Å²) in [5, 5.41) is 1.91. The van der Waals surface area contributed by atoms with Crippen LogP contribution < -0.4 is 5.30 Å². The normalized spacial score (nSPS) is 29.4. The highest BCUT2D eigenvalue weighted by molar-refractivity contribution is 7.67. The van der Waals surface area contributed by atoms with Crippen LogP contribution in [0.25, 0.3) is 0 Å². The first-order valence-electron chi connectivity index (χ1n) is 17.5. The molecule has 0 amide bonds. The first-order valence-corrected chi connectivity index (χ1v) is 20.5. The van der Waals surface area contributed by atoms with Crippen molar-refractivity contribution < 1.29 is 0 Å². The SMILES string of the molecule is c1ccc(P(C2CCCCC2)C2CCCCC2)c(CC2CCCC2P(C2CCCCC2)C2CCCCC2)c1. The third kappa shape index (κ3) is 6.75. The molecule has 0 saturated heterocycles. The molecule has 0 nitrogen and oxygen atoms in total. The van der Waals surface area contributed by atoms with Gasteiger partial charge < -0.3 is 0 Å². The molecule has 0 heterocycles. The summed E-state index contributed by atoms with van der Waals surface area (Å²) in [4.78, 5) is 0. The fourth-order valence-corrected chi connectivity index (χ4v) is 18.7. The van der Waals surface area contributed by atoms with Crippen LogP contribution in [0.4, 0.5) is 0 Å². The van der Waals surface area contributed by atoms with Gasteiger partial charge in [0.05, 0.1) is 0 Å². The Hall–Kier alpha value is 0.0800. The lowest BCUT2D eigenvalue weighted by molar-refractivity contribution is 0.469. The second kappa shape index (κ2) is 14.3. The summed E-state index contributed by atoms with van der Waals surface area (Å²) in [5.41, 5.74) is 7.26. The Morgan fingerprint density at radius 3 is 1.47 bits per heavy atom. The van der Waals surface area contributed by atoms with Crippen molar-refractivity contribution in [1.82, 2.24) is 0 Å². The molecule has 0 N–H and O–H groups in total. The first kappa shape index (κ1) is 28.2. The Morgan fingerprint density at radius 1 is 0.474 bits per heavy atom. The maximum Gasteiger partial charge on any atom is -0.0166 e. The van der Waals surface area contributed by atoms with E-state index in [0.29, 0.717) is 0 Å². The Bertz CT molecular complexity index is 789. The molecule has 0 aromatic heterocycles. The highest BCUT2D eigenvalue weighted by Crippen LogP contribution is 2.64. The molecule has 2 unspecified atom stereocenters. The first-order chi connectivity index (χ1) is 18.9. The fraction of sp³-hybridized carbons (Fsp3) is 0.833. The second-order valence-electron chi connectivity index (χ2n) is 14.1. The summed E-state index contributed by atoms with van der Waals surface area (Å²) in [6.45, 7) is 0. The highest BCUT2D eigenvalue weighted by atomic mass is 31.1. The van der Waals surface area contributed by atoms with Gasteiger partial charge in [0.15, 0.2) is 0 Å². The number of benzene rings is 1. The molecule has 38 heavy (non-hydrogen) atoms. The minimum atomic E-state index is 0.0183. The van der Waals surface area contributed by atoms with Crippen LogP contribution >= 0.6 is 15.8 Å². The molecule has 0 bridgehead atoms. The average Bonchev–Trinajstić information content (AvgIpc) is 3.44. The van der Waals surface area contributed by atoms with Crippen molar-refractivity contribution >= 4 is 21.1 Å². The van der Waals surface area contributed by atoms with Crippen LogP contribution in [0.15, 0.2) is 24.3 Å². The molecule has 0 spiro atoms. The van der Waals surface area contributed by atoms with Gasteiger partial charge >= 0.3 is 0 Å². The Kier molecular flexibility index (Phi) is 10.6. The molecule has 5 aliphatic rings. The van der Waals surface area contributed by atoms with Crippen molar-refractivity contribution in [2.75, 3.05) is 0 Å². The minimum absolute atomic E-state index is 0.0183. The standard InChI is InChI=1S/C36H58P2/c1-5-18-31(19-6-1)37(32-20-7-2-8-21-32)35-26-14-13-16-29(35)28-30-17-15-27-36(30)38(33-22-9-3-10-23-33)34-24-11-4-12-25-34/h13-14,16,26,30-34,36H,1-12,15,17-25,27-28H2. The number of hydrogen-bond acceptors (Lipinski definition) is 0.